The second-order valence-electron chi connectivity index (χ2n) is 3.68. The Hall–Kier alpha value is -2.07. The summed E-state index contributed by atoms with van der Waals surface area (Å²) in [5, 5.41) is 2.40. The summed E-state index contributed by atoms with van der Waals surface area (Å²) in [7, 11) is 0. The van der Waals surface area contributed by atoms with E-state index in [2.05, 4.69) is 5.32 Å². The van der Waals surface area contributed by atoms with Gasteiger partial charge in [0, 0.05) is 11.3 Å². The third-order valence-electron chi connectivity index (χ3n) is 2.35. The molecule has 1 amide bonds. The van der Waals surface area contributed by atoms with Gasteiger partial charge < -0.3 is 11.1 Å². The number of carbonyl (C=O) groups excluding carboxylic acids is 1. The number of benzene rings is 2. The second kappa shape index (κ2) is 5.06. The molecule has 0 aromatic heterocycles. The monoisotopic (exact) mass is 264 g/mol. The molecule has 0 radical (unpaired) electrons. The highest BCUT2D eigenvalue weighted by Gasteiger charge is 2.11. The Morgan fingerprint density at radius 3 is 2.67 bits per heavy atom. The fourth-order valence-electron chi connectivity index (χ4n) is 1.47. The minimum Gasteiger partial charge on any atom is -0.399 e. The third-order valence-corrected chi connectivity index (χ3v) is 2.64. The maximum atomic E-state index is 13.6. The van der Waals surface area contributed by atoms with Crippen LogP contribution in [-0.4, -0.2) is 5.91 Å². The average Bonchev–Trinajstić information content (AvgIpc) is 2.35. The van der Waals surface area contributed by atoms with Gasteiger partial charge in [0.2, 0.25) is 0 Å². The molecule has 0 saturated carbocycles. The summed E-state index contributed by atoms with van der Waals surface area (Å²) < 4.78 is 13.6. The van der Waals surface area contributed by atoms with Gasteiger partial charge in [0.05, 0.1) is 10.7 Å². The Labute approximate surface area is 108 Å². The summed E-state index contributed by atoms with van der Waals surface area (Å²) in [5.41, 5.74) is 6.43. The molecule has 92 valence electrons. The molecule has 2 aromatic rings. The highest BCUT2D eigenvalue weighted by molar-refractivity contribution is 6.31. The zero-order chi connectivity index (χ0) is 13.1. The molecule has 0 aliphatic rings. The fourth-order valence-corrected chi connectivity index (χ4v) is 1.65. The predicted molar refractivity (Wildman–Crippen MR) is 70.2 cm³/mol. The van der Waals surface area contributed by atoms with Crippen LogP contribution in [0.5, 0.6) is 0 Å². The van der Waals surface area contributed by atoms with Gasteiger partial charge in [-0.2, -0.15) is 0 Å². The minimum atomic E-state index is -0.656. The molecule has 0 bridgehead atoms. The molecule has 0 aliphatic heterocycles. The molecule has 5 heteroatoms. The fraction of sp³-hybridized carbons (Fsp3) is 0. The summed E-state index contributed by atoms with van der Waals surface area (Å²) in [5.74, 6) is -1.10. The lowest BCUT2D eigenvalue weighted by Crippen LogP contribution is -2.13. The molecule has 0 saturated heterocycles. The number of carbonyl (C=O) groups is 1. The number of hydrogen-bond acceptors (Lipinski definition) is 2. The van der Waals surface area contributed by atoms with Gasteiger partial charge in [0.25, 0.3) is 5.91 Å². The number of nitrogen functional groups attached to an aromatic ring is 1. The lowest BCUT2D eigenvalue weighted by molar-refractivity contribution is 0.102. The highest BCUT2D eigenvalue weighted by Crippen LogP contribution is 2.22. The van der Waals surface area contributed by atoms with Crippen molar-refractivity contribution in [3.8, 4) is 0 Å². The second-order valence-corrected chi connectivity index (χ2v) is 4.09. The van der Waals surface area contributed by atoms with Crippen LogP contribution >= 0.6 is 11.6 Å². The number of rotatable bonds is 2. The summed E-state index contributed by atoms with van der Waals surface area (Å²) in [6.45, 7) is 0. The van der Waals surface area contributed by atoms with Gasteiger partial charge in [-0.25, -0.2) is 4.39 Å². The summed E-state index contributed by atoms with van der Waals surface area (Å²) in [4.78, 5) is 11.9. The van der Waals surface area contributed by atoms with E-state index in [4.69, 9.17) is 17.3 Å². The van der Waals surface area contributed by atoms with E-state index in [1.54, 1.807) is 24.3 Å². The number of nitrogens with two attached hydrogens (primary N) is 1. The van der Waals surface area contributed by atoms with Crippen molar-refractivity contribution in [2.45, 2.75) is 0 Å². The standard InChI is InChI=1S/C13H10ClFN2O/c14-10-5-2-6-11(12(10)15)17-13(18)8-3-1-4-9(16)7-8/h1-7H,16H2,(H,17,18). The van der Waals surface area contributed by atoms with Gasteiger partial charge in [-0.1, -0.05) is 23.7 Å². The normalized spacial score (nSPS) is 10.1. The molecular weight excluding hydrogens is 255 g/mol. The molecule has 2 rings (SSSR count). The first-order valence-corrected chi connectivity index (χ1v) is 5.56. The Morgan fingerprint density at radius 2 is 1.94 bits per heavy atom. The molecule has 0 spiro atoms. The molecule has 18 heavy (non-hydrogen) atoms. The van der Waals surface area contributed by atoms with Crippen molar-refractivity contribution in [3.63, 3.8) is 0 Å². The minimum absolute atomic E-state index is 0.0370. The quantitative estimate of drug-likeness (QED) is 0.818. The summed E-state index contributed by atoms with van der Waals surface area (Å²) >= 11 is 5.62. The van der Waals surface area contributed by atoms with Crippen molar-refractivity contribution >= 4 is 28.9 Å². The van der Waals surface area contributed by atoms with Crippen LogP contribution in [0, 0.1) is 5.82 Å². The first kappa shape index (κ1) is 12.4. The van der Waals surface area contributed by atoms with Crippen LogP contribution in [0.25, 0.3) is 0 Å². The van der Waals surface area contributed by atoms with Crippen LogP contribution in [0.15, 0.2) is 42.5 Å². The molecule has 0 aliphatic carbocycles. The number of nitrogens with one attached hydrogen (secondary N) is 1. The van der Waals surface area contributed by atoms with E-state index >= 15 is 0 Å². The lowest BCUT2D eigenvalue weighted by Gasteiger charge is -2.07. The first-order valence-electron chi connectivity index (χ1n) is 5.19. The zero-order valence-corrected chi connectivity index (χ0v) is 10.0. The summed E-state index contributed by atoms with van der Waals surface area (Å²) in [6.07, 6.45) is 0. The van der Waals surface area contributed by atoms with Crippen LogP contribution in [0.2, 0.25) is 5.02 Å². The van der Waals surface area contributed by atoms with Gasteiger partial charge in [-0.15, -0.1) is 0 Å². The Morgan fingerprint density at radius 1 is 1.22 bits per heavy atom. The van der Waals surface area contributed by atoms with Gasteiger partial charge in [0.1, 0.15) is 0 Å². The van der Waals surface area contributed by atoms with Crippen molar-refractivity contribution in [2.75, 3.05) is 11.1 Å². The third kappa shape index (κ3) is 2.60. The van der Waals surface area contributed by atoms with E-state index in [1.807, 2.05) is 0 Å². The van der Waals surface area contributed by atoms with Crippen LogP contribution in [0.1, 0.15) is 10.4 Å². The van der Waals surface area contributed by atoms with Crippen molar-refractivity contribution in [1.82, 2.24) is 0 Å². The van der Waals surface area contributed by atoms with Crippen molar-refractivity contribution in [3.05, 3.63) is 58.9 Å². The largest absolute Gasteiger partial charge is 0.399 e. The average molecular weight is 265 g/mol. The molecule has 0 heterocycles. The molecule has 3 nitrogen and oxygen atoms in total. The highest BCUT2D eigenvalue weighted by atomic mass is 35.5. The number of hydrogen-bond donors (Lipinski definition) is 2. The van der Waals surface area contributed by atoms with E-state index in [9.17, 15) is 9.18 Å². The van der Waals surface area contributed by atoms with Crippen LogP contribution in [0.4, 0.5) is 15.8 Å². The first-order chi connectivity index (χ1) is 8.58. The Kier molecular flexibility index (Phi) is 3.48. The van der Waals surface area contributed by atoms with E-state index in [-0.39, 0.29) is 10.7 Å². The van der Waals surface area contributed by atoms with E-state index < -0.39 is 11.7 Å². The van der Waals surface area contributed by atoms with E-state index in [0.29, 0.717) is 11.3 Å². The van der Waals surface area contributed by atoms with Gasteiger partial charge in [-0.05, 0) is 30.3 Å². The molecule has 2 aromatic carbocycles. The van der Waals surface area contributed by atoms with E-state index in [0.717, 1.165) is 0 Å². The Bertz CT molecular complexity index is 601. The predicted octanol–water partition coefficient (Wildman–Crippen LogP) is 3.31. The smallest absolute Gasteiger partial charge is 0.255 e. The van der Waals surface area contributed by atoms with Crippen molar-refractivity contribution in [2.24, 2.45) is 0 Å². The zero-order valence-electron chi connectivity index (χ0n) is 9.28. The topological polar surface area (TPSA) is 55.1 Å². The maximum Gasteiger partial charge on any atom is 0.255 e. The number of amides is 1. The Balaban J connectivity index is 2.24. The summed E-state index contributed by atoms with van der Waals surface area (Å²) in [6, 6.07) is 10.8. The van der Waals surface area contributed by atoms with Crippen LogP contribution < -0.4 is 11.1 Å². The van der Waals surface area contributed by atoms with Crippen molar-refractivity contribution in [1.29, 1.82) is 0 Å². The van der Waals surface area contributed by atoms with Gasteiger partial charge in [-0.3, -0.25) is 4.79 Å². The number of halogens is 2. The van der Waals surface area contributed by atoms with E-state index in [1.165, 1.54) is 18.2 Å². The molecular formula is C13H10ClFN2O. The SMILES string of the molecule is Nc1cccc(C(=O)Nc2cccc(Cl)c2F)c1. The molecule has 0 fully saturated rings. The molecule has 0 atom stereocenters. The van der Waals surface area contributed by atoms with Gasteiger partial charge >= 0.3 is 0 Å². The van der Waals surface area contributed by atoms with Crippen LogP contribution in [-0.2, 0) is 0 Å². The molecule has 0 unspecified atom stereocenters. The van der Waals surface area contributed by atoms with Crippen LogP contribution in [0.3, 0.4) is 0 Å². The maximum absolute atomic E-state index is 13.6. The lowest BCUT2D eigenvalue weighted by atomic mass is 10.2. The molecule has 3 N–H and O–H groups in total. The van der Waals surface area contributed by atoms with Crippen molar-refractivity contribution < 1.29 is 9.18 Å². The van der Waals surface area contributed by atoms with Gasteiger partial charge in [0.15, 0.2) is 5.82 Å². The number of anilines is 2.